The molecule has 0 saturated carbocycles. The molecule has 1 aromatic carbocycles. The topological polar surface area (TPSA) is 39.7 Å². The lowest BCUT2D eigenvalue weighted by Gasteiger charge is -2.32. The molecule has 0 aliphatic carbocycles. The molecule has 0 amide bonds. The standard InChI is InChI=1S/C17H25NO3/c1-2-5-15(6-3-1)19-11-4-12-20-16-13-17(21-14-16)7-9-18-10-8-17/h1-3,5-6,16,18H,4,7-14H2. The zero-order chi connectivity index (χ0) is 14.4. The van der Waals surface area contributed by atoms with Crippen molar-refractivity contribution in [2.75, 3.05) is 32.9 Å². The van der Waals surface area contributed by atoms with E-state index in [-0.39, 0.29) is 11.7 Å². The Labute approximate surface area is 126 Å². The number of hydrogen-bond donors (Lipinski definition) is 1. The molecule has 4 heteroatoms. The second kappa shape index (κ2) is 7.25. The van der Waals surface area contributed by atoms with Crippen LogP contribution in [0.15, 0.2) is 30.3 Å². The van der Waals surface area contributed by atoms with E-state index in [2.05, 4.69) is 5.32 Å². The molecule has 2 aliphatic heterocycles. The number of benzene rings is 1. The Bertz CT molecular complexity index is 417. The maximum atomic E-state index is 6.02. The van der Waals surface area contributed by atoms with Crippen molar-refractivity contribution >= 4 is 0 Å². The highest BCUT2D eigenvalue weighted by atomic mass is 16.6. The highest BCUT2D eigenvalue weighted by molar-refractivity contribution is 5.20. The van der Waals surface area contributed by atoms with Crippen molar-refractivity contribution in [1.82, 2.24) is 5.32 Å². The molecule has 1 aromatic rings. The third kappa shape index (κ3) is 4.19. The average molecular weight is 291 g/mol. The van der Waals surface area contributed by atoms with Gasteiger partial charge in [-0.25, -0.2) is 0 Å². The molecule has 0 aromatic heterocycles. The zero-order valence-corrected chi connectivity index (χ0v) is 12.6. The van der Waals surface area contributed by atoms with Gasteiger partial charge in [-0.15, -0.1) is 0 Å². The van der Waals surface area contributed by atoms with Gasteiger partial charge in [0.05, 0.1) is 31.5 Å². The highest BCUT2D eigenvalue weighted by Crippen LogP contribution is 2.35. The number of piperidine rings is 1. The van der Waals surface area contributed by atoms with Gasteiger partial charge in [0.25, 0.3) is 0 Å². The Morgan fingerprint density at radius 3 is 2.76 bits per heavy atom. The third-order valence-electron chi connectivity index (χ3n) is 4.34. The number of nitrogens with one attached hydrogen (secondary N) is 1. The van der Waals surface area contributed by atoms with E-state index in [0.717, 1.165) is 57.7 Å². The van der Waals surface area contributed by atoms with Gasteiger partial charge in [0, 0.05) is 12.8 Å². The van der Waals surface area contributed by atoms with Crippen molar-refractivity contribution < 1.29 is 14.2 Å². The fourth-order valence-electron chi connectivity index (χ4n) is 3.16. The van der Waals surface area contributed by atoms with E-state index in [0.29, 0.717) is 6.61 Å². The van der Waals surface area contributed by atoms with Crippen molar-refractivity contribution in [1.29, 1.82) is 0 Å². The van der Waals surface area contributed by atoms with E-state index in [1.165, 1.54) is 0 Å². The first-order valence-electron chi connectivity index (χ1n) is 8.00. The molecule has 3 rings (SSSR count). The lowest BCUT2D eigenvalue weighted by Crippen LogP contribution is -2.41. The van der Waals surface area contributed by atoms with Crippen molar-refractivity contribution in [3.05, 3.63) is 30.3 Å². The molecular weight excluding hydrogens is 266 g/mol. The molecule has 0 bridgehead atoms. The second-order valence-corrected chi connectivity index (χ2v) is 5.96. The summed E-state index contributed by atoms with van der Waals surface area (Å²) in [4.78, 5) is 0. The fraction of sp³-hybridized carbons (Fsp3) is 0.647. The zero-order valence-electron chi connectivity index (χ0n) is 12.6. The molecule has 1 N–H and O–H groups in total. The summed E-state index contributed by atoms with van der Waals surface area (Å²) in [6.07, 6.45) is 4.46. The minimum Gasteiger partial charge on any atom is -0.494 e. The monoisotopic (exact) mass is 291 g/mol. The smallest absolute Gasteiger partial charge is 0.119 e. The molecule has 0 radical (unpaired) electrons. The van der Waals surface area contributed by atoms with Crippen LogP contribution in [0.2, 0.25) is 0 Å². The number of hydrogen-bond acceptors (Lipinski definition) is 4. The van der Waals surface area contributed by atoms with Crippen LogP contribution in [0.5, 0.6) is 5.75 Å². The lowest BCUT2D eigenvalue weighted by molar-refractivity contribution is -0.0235. The summed E-state index contributed by atoms with van der Waals surface area (Å²) in [5.41, 5.74) is 0.0937. The van der Waals surface area contributed by atoms with Crippen molar-refractivity contribution in [3.63, 3.8) is 0 Å². The molecule has 2 heterocycles. The number of para-hydroxylation sites is 1. The van der Waals surface area contributed by atoms with Crippen LogP contribution < -0.4 is 10.1 Å². The van der Waals surface area contributed by atoms with Gasteiger partial charge in [0.2, 0.25) is 0 Å². The van der Waals surface area contributed by atoms with E-state index in [4.69, 9.17) is 14.2 Å². The van der Waals surface area contributed by atoms with Crippen molar-refractivity contribution in [2.45, 2.75) is 37.4 Å². The molecule has 2 aliphatic rings. The van der Waals surface area contributed by atoms with Crippen LogP contribution in [-0.4, -0.2) is 44.6 Å². The van der Waals surface area contributed by atoms with Crippen LogP contribution in [0.4, 0.5) is 0 Å². The first-order chi connectivity index (χ1) is 10.4. The summed E-state index contributed by atoms with van der Waals surface area (Å²) >= 11 is 0. The van der Waals surface area contributed by atoms with Gasteiger partial charge >= 0.3 is 0 Å². The predicted octanol–water partition coefficient (Wildman–Crippen LogP) is 2.38. The van der Waals surface area contributed by atoms with Gasteiger partial charge in [0.1, 0.15) is 5.75 Å². The minimum atomic E-state index is 0.0937. The van der Waals surface area contributed by atoms with E-state index in [1.54, 1.807) is 0 Å². The quantitative estimate of drug-likeness (QED) is 0.817. The second-order valence-electron chi connectivity index (χ2n) is 5.96. The van der Waals surface area contributed by atoms with Crippen LogP contribution in [0.25, 0.3) is 0 Å². The molecule has 1 atom stereocenters. The Balaban J connectivity index is 1.30. The van der Waals surface area contributed by atoms with Crippen LogP contribution in [0, 0.1) is 0 Å². The molecule has 1 spiro atoms. The maximum Gasteiger partial charge on any atom is 0.119 e. The van der Waals surface area contributed by atoms with Crippen LogP contribution in [0.1, 0.15) is 25.7 Å². The van der Waals surface area contributed by atoms with Crippen LogP contribution >= 0.6 is 0 Å². The van der Waals surface area contributed by atoms with Gasteiger partial charge in [-0.3, -0.25) is 0 Å². The third-order valence-corrected chi connectivity index (χ3v) is 4.34. The molecule has 21 heavy (non-hydrogen) atoms. The largest absolute Gasteiger partial charge is 0.494 e. The summed E-state index contributed by atoms with van der Waals surface area (Å²) in [7, 11) is 0. The summed E-state index contributed by atoms with van der Waals surface area (Å²) in [5, 5.41) is 3.39. The van der Waals surface area contributed by atoms with Gasteiger partial charge in [0.15, 0.2) is 0 Å². The van der Waals surface area contributed by atoms with E-state index < -0.39 is 0 Å². The first kappa shape index (κ1) is 14.8. The van der Waals surface area contributed by atoms with Gasteiger partial charge in [-0.2, -0.15) is 0 Å². The molecule has 2 fully saturated rings. The number of ether oxygens (including phenoxy) is 3. The molecule has 116 valence electrons. The van der Waals surface area contributed by atoms with E-state index >= 15 is 0 Å². The van der Waals surface area contributed by atoms with Gasteiger partial charge in [-0.1, -0.05) is 18.2 Å². The average Bonchev–Trinajstić information content (AvgIpc) is 2.91. The highest BCUT2D eigenvalue weighted by Gasteiger charge is 2.41. The molecule has 4 nitrogen and oxygen atoms in total. The van der Waals surface area contributed by atoms with Crippen molar-refractivity contribution in [3.8, 4) is 5.75 Å². The maximum absolute atomic E-state index is 6.02. The van der Waals surface area contributed by atoms with Gasteiger partial charge < -0.3 is 19.5 Å². The number of rotatable bonds is 6. The van der Waals surface area contributed by atoms with Gasteiger partial charge in [-0.05, 0) is 38.1 Å². The van der Waals surface area contributed by atoms with Crippen LogP contribution in [0.3, 0.4) is 0 Å². The molecule has 1 unspecified atom stereocenters. The normalized spacial score (nSPS) is 24.3. The van der Waals surface area contributed by atoms with E-state index in [1.807, 2.05) is 30.3 Å². The Morgan fingerprint density at radius 1 is 1.14 bits per heavy atom. The van der Waals surface area contributed by atoms with E-state index in [9.17, 15) is 0 Å². The Hall–Kier alpha value is -1.10. The molecule has 2 saturated heterocycles. The van der Waals surface area contributed by atoms with Crippen molar-refractivity contribution in [2.24, 2.45) is 0 Å². The Morgan fingerprint density at radius 2 is 1.95 bits per heavy atom. The minimum absolute atomic E-state index is 0.0937. The molecular formula is C17H25NO3. The first-order valence-corrected chi connectivity index (χ1v) is 8.00. The van der Waals surface area contributed by atoms with Crippen LogP contribution in [-0.2, 0) is 9.47 Å². The summed E-state index contributed by atoms with van der Waals surface area (Å²) in [6, 6.07) is 9.92. The summed E-state index contributed by atoms with van der Waals surface area (Å²) in [6.45, 7) is 4.33. The SMILES string of the molecule is c1ccc(OCCCOC2COC3(CCNCC3)C2)cc1. The predicted molar refractivity (Wildman–Crippen MR) is 81.7 cm³/mol. The summed E-state index contributed by atoms with van der Waals surface area (Å²) in [5.74, 6) is 0.926. The Kier molecular flexibility index (Phi) is 5.12. The lowest BCUT2D eigenvalue weighted by atomic mass is 9.89. The fourth-order valence-corrected chi connectivity index (χ4v) is 3.16. The summed E-state index contributed by atoms with van der Waals surface area (Å²) < 4.78 is 17.6.